The Morgan fingerprint density at radius 1 is 0.750 bits per heavy atom. The van der Waals surface area contributed by atoms with Crippen LogP contribution in [0.15, 0.2) is 0 Å². The van der Waals surface area contributed by atoms with E-state index in [4.69, 9.17) is 0 Å². The van der Waals surface area contributed by atoms with Crippen LogP contribution in [0.3, 0.4) is 0 Å². The summed E-state index contributed by atoms with van der Waals surface area (Å²) >= 11 is 0. The molecule has 0 spiro atoms. The molecule has 82 valence electrons. The second kappa shape index (κ2) is 13.0. The Labute approximate surface area is 178 Å². The zero-order valence-corrected chi connectivity index (χ0v) is 7.86. The van der Waals surface area contributed by atoms with Gasteiger partial charge in [-0.15, -0.1) is 0 Å². The summed E-state index contributed by atoms with van der Waals surface area (Å²) in [6, 6.07) is 0. The third-order valence-electron chi connectivity index (χ3n) is 1.05. The van der Waals surface area contributed by atoms with Crippen molar-refractivity contribution in [3.8, 4) is 0 Å². The van der Waals surface area contributed by atoms with Crippen molar-refractivity contribution in [2.45, 2.75) is 26.7 Å². The van der Waals surface area contributed by atoms with Crippen LogP contribution in [0.5, 0.6) is 0 Å². The third kappa shape index (κ3) is 15.6. The molecular formula is C8H12K2O6. The summed E-state index contributed by atoms with van der Waals surface area (Å²) in [5, 5.41) is 0. The quantitative estimate of drug-likeness (QED) is 0.361. The number of carbonyl (C=O) groups excluding carboxylic acids is 4. The maximum atomic E-state index is 10.7. The van der Waals surface area contributed by atoms with Gasteiger partial charge in [-0.3, -0.25) is 19.2 Å². The molecular weight excluding hydrogens is 270 g/mol. The molecule has 0 aromatic rings. The van der Waals surface area contributed by atoms with Crippen molar-refractivity contribution >= 4 is 127 Å². The molecule has 0 aromatic heterocycles. The molecule has 0 amide bonds. The molecule has 0 radical (unpaired) electrons. The van der Waals surface area contributed by atoms with Gasteiger partial charge in [-0.1, -0.05) is 0 Å². The number of hydrogen-bond donors (Lipinski definition) is 0. The van der Waals surface area contributed by atoms with Crippen molar-refractivity contribution in [1.29, 1.82) is 0 Å². The van der Waals surface area contributed by atoms with Crippen LogP contribution in [0.2, 0.25) is 0 Å². The van der Waals surface area contributed by atoms with Gasteiger partial charge in [-0.2, -0.15) is 0 Å². The third-order valence-corrected chi connectivity index (χ3v) is 1.05. The van der Waals surface area contributed by atoms with Crippen LogP contribution >= 0.6 is 0 Å². The predicted octanol–water partition coefficient (Wildman–Crippen LogP) is -1.35. The molecule has 0 saturated heterocycles. The van der Waals surface area contributed by atoms with Crippen molar-refractivity contribution in [1.82, 2.24) is 0 Å². The van der Waals surface area contributed by atoms with E-state index in [0.717, 1.165) is 13.8 Å². The first-order chi connectivity index (χ1) is 6.41. The van der Waals surface area contributed by atoms with E-state index in [9.17, 15) is 19.2 Å². The van der Waals surface area contributed by atoms with E-state index in [2.05, 4.69) is 9.47 Å². The minimum atomic E-state index is -0.821. The van der Waals surface area contributed by atoms with Crippen LogP contribution in [-0.2, 0) is 28.7 Å². The van der Waals surface area contributed by atoms with Crippen molar-refractivity contribution in [3.63, 3.8) is 0 Å². The second-order valence-corrected chi connectivity index (χ2v) is 2.43. The zero-order chi connectivity index (χ0) is 11.1. The van der Waals surface area contributed by atoms with Gasteiger partial charge < -0.3 is 9.47 Å². The first kappa shape index (κ1) is 22.7. The summed E-state index contributed by atoms with van der Waals surface area (Å²) in [4.78, 5) is 41.9. The van der Waals surface area contributed by atoms with Crippen LogP contribution in [0, 0.1) is 0 Å². The maximum absolute atomic E-state index is 10.7. The molecule has 6 nitrogen and oxygen atoms in total. The fourth-order valence-corrected chi connectivity index (χ4v) is 0.627. The second-order valence-electron chi connectivity index (χ2n) is 2.43. The van der Waals surface area contributed by atoms with Crippen molar-refractivity contribution < 1.29 is 28.7 Å². The normalized spacial score (nSPS) is 7.88. The molecule has 0 bridgehead atoms. The van der Waals surface area contributed by atoms with Crippen LogP contribution in [0.1, 0.15) is 26.7 Å². The number of esters is 4. The van der Waals surface area contributed by atoms with Gasteiger partial charge in [-0.05, 0) is 0 Å². The van der Waals surface area contributed by atoms with Crippen molar-refractivity contribution in [2.24, 2.45) is 0 Å². The Hall–Kier alpha value is 1.55. The van der Waals surface area contributed by atoms with E-state index in [1.807, 2.05) is 0 Å². The molecule has 0 heterocycles. The minimum absolute atomic E-state index is 0. The van der Waals surface area contributed by atoms with E-state index >= 15 is 0 Å². The van der Waals surface area contributed by atoms with Gasteiger partial charge in [0.1, 0.15) is 0 Å². The standard InChI is InChI=1S/C8H10O6.2K.2H/c1-5(9)13-7(11)3-4-8(12)14-6(2)10;;;;/h3-4H2,1-2H3;;;;. The van der Waals surface area contributed by atoms with Crippen LogP contribution in [0.25, 0.3) is 0 Å². The van der Waals surface area contributed by atoms with Crippen LogP contribution in [-0.4, -0.2) is 127 Å². The molecule has 8 heteroatoms. The van der Waals surface area contributed by atoms with E-state index in [-0.39, 0.29) is 116 Å². The fourth-order valence-electron chi connectivity index (χ4n) is 0.627. The Kier molecular flexibility index (Phi) is 18.4. The van der Waals surface area contributed by atoms with Gasteiger partial charge in [0, 0.05) is 13.8 Å². The van der Waals surface area contributed by atoms with Crippen LogP contribution < -0.4 is 0 Å². The van der Waals surface area contributed by atoms with Gasteiger partial charge >= 0.3 is 127 Å². The molecule has 0 N–H and O–H groups in total. The molecule has 0 rings (SSSR count). The molecule has 16 heavy (non-hydrogen) atoms. The van der Waals surface area contributed by atoms with Gasteiger partial charge in [0.2, 0.25) is 0 Å². The number of carbonyl (C=O) groups is 4. The summed E-state index contributed by atoms with van der Waals surface area (Å²) in [7, 11) is 0. The number of hydrogen-bond acceptors (Lipinski definition) is 6. The first-order valence-electron chi connectivity index (χ1n) is 3.84. The van der Waals surface area contributed by atoms with Gasteiger partial charge in [0.25, 0.3) is 0 Å². The van der Waals surface area contributed by atoms with Crippen molar-refractivity contribution in [3.05, 3.63) is 0 Å². The predicted molar refractivity (Wildman–Crippen MR) is 57.1 cm³/mol. The van der Waals surface area contributed by atoms with E-state index < -0.39 is 23.9 Å². The Morgan fingerprint density at radius 3 is 1.19 bits per heavy atom. The summed E-state index contributed by atoms with van der Waals surface area (Å²) < 4.78 is 8.27. The average Bonchev–Trinajstić information content (AvgIpc) is 1.98. The molecule has 0 aliphatic rings. The summed E-state index contributed by atoms with van der Waals surface area (Å²) in [5.41, 5.74) is 0. The van der Waals surface area contributed by atoms with E-state index in [0.29, 0.717) is 0 Å². The van der Waals surface area contributed by atoms with Crippen LogP contribution in [0.4, 0.5) is 0 Å². The number of ether oxygens (including phenoxy) is 2. The molecule has 0 fully saturated rings. The summed E-state index contributed by atoms with van der Waals surface area (Å²) in [5.74, 6) is -3.12. The zero-order valence-electron chi connectivity index (χ0n) is 7.86. The molecule has 0 aromatic carbocycles. The van der Waals surface area contributed by atoms with Crippen molar-refractivity contribution in [2.75, 3.05) is 0 Å². The Morgan fingerprint density at radius 2 is 1.00 bits per heavy atom. The van der Waals surface area contributed by atoms with Gasteiger partial charge in [0.15, 0.2) is 0 Å². The Bertz CT molecular complexity index is 248. The van der Waals surface area contributed by atoms with Gasteiger partial charge in [-0.25, -0.2) is 0 Å². The molecule has 0 saturated carbocycles. The number of rotatable bonds is 3. The Balaban J connectivity index is -0.000000845. The average molecular weight is 282 g/mol. The topological polar surface area (TPSA) is 86.7 Å². The molecule has 0 aliphatic carbocycles. The fraction of sp³-hybridized carbons (Fsp3) is 0.500. The SMILES string of the molecule is CC(=O)OC(=O)CCC(=O)OC(C)=O.[KH].[KH]. The van der Waals surface area contributed by atoms with Gasteiger partial charge in [0.05, 0.1) is 12.8 Å². The first-order valence-corrected chi connectivity index (χ1v) is 3.84. The molecule has 0 aliphatic heterocycles. The van der Waals surface area contributed by atoms with E-state index in [1.54, 1.807) is 0 Å². The van der Waals surface area contributed by atoms with E-state index in [1.165, 1.54) is 0 Å². The monoisotopic (exact) mass is 282 g/mol. The molecule has 0 atom stereocenters. The molecule has 0 unspecified atom stereocenters. The summed E-state index contributed by atoms with van der Waals surface area (Å²) in [6.07, 6.45) is -0.572. The summed E-state index contributed by atoms with van der Waals surface area (Å²) in [6.45, 7) is 2.15.